The molecule has 30 heavy (non-hydrogen) atoms. The van der Waals surface area contributed by atoms with E-state index < -0.39 is 33.4 Å². The maximum Gasteiger partial charge on any atom is 0.235 e. The van der Waals surface area contributed by atoms with Gasteiger partial charge in [-0.25, -0.2) is 13.1 Å². The van der Waals surface area contributed by atoms with Crippen LogP contribution < -0.4 is 9.62 Å². The maximum atomic E-state index is 13.6. The van der Waals surface area contributed by atoms with Crippen molar-refractivity contribution in [3.05, 3.63) is 28.2 Å². The number of rotatable bonds is 4. The zero-order valence-corrected chi connectivity index (χ0v) is 19.0. The molecule has 4 aliphatic rings. The Morgan fingerprint density at radius 1 is 1.43 bits per heavy atom. The van der Waals surface area contributed by atoms with Crippen LogP contribution in [0.3, 0.4) is 0 Å². The molecule has 4 heterocycles. The van der Waals surface area contributed by atoms with E-state index in [2.05, 4.69) is 26.7 Å². The Bertz CT molecular complexity index is 1090. The van der Waals surface area contributed by atoms with E-state index in [1.807, 2.05) is 6.92 Å². The molecule has 1 N–H and O–H groups in total. The van der Waals surface area contributed by atoms with Crippen LogP contribution in [0.1, 0.15) is 32.3 Å². The van der Waals surface area contributed by atoms with Gasteiger partial charge < -0.3 is 9.47 Å². The Morgan fingerprint density at radius 2 is 2.20 bits per heavy atom. The summed E-state index contributed by atoms with van der Waals surface area (Å²) in [5, 5.41) is 9.20. The van der Waals surface area contributed by atoms with Crippen LogP contribution in [-0.2, 0) is 24.3 Å². The topological polar surface area (TPSA) is 109 Å². The lowest BCUT2D eigenvalue weighted by Gasteiger charge is -2.45. The number of ether oxygens (including phenoxy) is 2. The Morgan fingerprint density at radius 3 is 2.87 bits per heavy atom. The number of carbonyl (C=O) groups excluding carboxylic acids is 1. The average molecular weight is 496 g/mol. The highest BCUT2D eigenvalue weighted by Crippen LogP contribution is 2.65. The maximum absolute atomic E-state index is 13.6. The zero-order chi connectivity index (χ0) is 21.5. The summed E-state index contributed by atoms with van der Waals surface area (Å²) in [5.74, 6) is -0.755. The molecule has 6 atom stereocenters. The highest BCUT2D eigenvalue weighted by atomic mass is 79.9. The molecule has 1 aromatic rings. The van der Waals surface area contributed by atoms with Crippen LogP contribution in [-0.4, -0.2) is 50.2 Å². The molecule has 5 rings (SSSR count). The van der Waals surface area contributed by atoms with Crippen molar-refractivity contribution in [2.45, 2.75) is 50.2 Å². The summed E-state index contributed by atoms with van der Waals surface area (Å²) >= 11 is 3.40. The third kappa shape index (κ3) is 2.59. The summed E-state index contributed by atoms with van der Waals surface area (Å²) in [7, 11) is -3.42. The molecule has 10 heteroatoms. The fourth-order valence-corrected chi connectivity index (χ4v) is 7.24. The summed E-state index contributed by atoms with van der Waals surface area (Å²) in [4.78, 5) is 15.2. The lowest BCUT2D eigenvalue weighted by molar-refractivity contribution is -0.143. The average Bonchev–Trinajstić information content (AvgIpc) is 3.25. The monoisotopic (exact) mass is 495 g/mol. The van der Waals surface area contributed by atoms with Crippen molar-refractivity contribution >= 4 is 37.5 Å². The van der Waals surface area contributed by atoms with Gasteiger partial charge in [-0.3, -0.25) is 9.69 Å². The van der Waals surface area contributed by atoms with Crippen LogP contribution in [0.5, 0.6) is 0 Å². The van der Waals surface area contributed by atoms with E-state index >= 15 is 0 Å². The number of nitriles is 1. The molecule has 160 valence electrons. The summed E-state index contributed by atoms with van der Waals surface area (Å²) in [6.45, 7) is 3.88. The normalized spacial score (nSPS) is 39.3. The van der Waals surface area contributed by atoms with Gasteiger partial charge in [-0.1, -0.05) is 0 Å². The third-order valence-corrected chi connectivity index (χ3v) is 9.16. The largest absolute Gasteiger partial charge is 0.366 e. The Hall–Kier alpha value is -1.51. The first kappa shape index (κ1) is 20.4. The van der Waals surface area contributed by atoms with Gasteiger partial charge in [-0.15, -0.1) is 0 Å². The number of nitrogens with one attached hydrogen (secondary N) is 1. The first-order valence-electron chi connectivity index (χ1n) is 10.0. The van der Waals surface area contributed by atoms with Gasteiger partial charge >= 0.3 is 0 Å². The molecule has 0 unspecified atom stereocenters. The minimum absolute atomic E-state index is 0.00532. The Balaban J connectivity index is 1.57. The zero-order valence-electron chi connectivity index (χ0n) is 16.6. The number of nitrogens with zero attached hydrogens (tertiary/aromatic N) is 2. The van der Waals surface area contributed by atoms with Crippen molar-refractivity contribution < 1.29 is 22.7 Å². The molecule has 8 nitrogen and oxygen atoms in total. The van der Waals surface area contributed by atoms with Crippen molar-refractivity contribution in [2.24, 2.45) is 11.8 Å². The predicted molar refractivity (Wildman–Crippen MR) is 111 cm³/mol. The van der Waals surface area contributed by atoms with Gasteiger partial charge in [0.1, 0.15) is 12.3 Å². The molecule has 4 aliphatic heterocycles. The lowest BCUT2D eigenvalue weighted by Crippen LogP contribution is -2.61. The summed E-state index contributed by atoms with van der Waals surface area (Å²) in [6, 6.07) is 6.89. The van der Waals surface area contributed by atoms with Crippen LogP contribution in [0.4, 0.5) is 5.69 Å². The first-order chi connectivity index (χ1) is 14.2. The van der Waals surface area contributed by atoms with E-state index in [9.17, 15) is 18.5 Å². The number of hydrogen-bond donors (Lipinski definition) is 1. The Kier molecular flexibility index (Phi) is 4.42. The highest BCUT2D eigenvalue weighted by molar-refractivity contribution is 9.10. The fraction of sp³-hybridized carbons (Fsp3) is 0.600. The number of anilines is 1. The minimum Gasteiger partial charge on any atom is -0.366 e. The number of carbonyl (C=O) groups is 1. The van der Waals surface area contributed by atoms with Crippen molar-refractivity contribution in [1.29, 1.82) is 5.26 Å². The van der Waals surface area contributed by atoms with Crippen molar-refractivity contribution in [1.82, 2.24) is 4.72 Å². The standard InChI is InChI=1S/C20H22BrN3O5S/c1-3-30(26,27)23-14-9-19(2)15-16-18(28-7-6-20(14,16)29-19)24(17(15)25)12-5-4-11(10-22)13(21)8-12/h4-5,8,14-16,18,23H,3,6-7,9H2,1-2H3/t14-,15+,16-,18-,19+,20-/m0/s1. The molecule has 0 saturated carbocycles. The number of fused-ring (bicyclic) bond motifs is 2. The van der Waals surface area contributed by atoms with Crippen molar-refractivity contribution in [3.8, 4) is 6.07 Å². The van der Waals surface area contributed by atoms with E-state index in [0.717, 1.165) is 0 Å². The van der Waals surface area contributed by atoms with Gasteiger partial charge in [0.15, 0.2) is 0 Å². The number of sulfonamides is 1. The molecule has 2 bridgehead atoms. The molecular weight excluding hydrogens is 474 g/mol. The lowest BCUT2D eigenvalue weighted by atomic mass is 9.64. The van der Waals surface area contributed by atoms with Gasteiger partial charge in [0, 0.05) is 22.5 Å². The van der Waals surface area contributed by atoms with Gasteiger partial charge in [-0.2, -0.15) is 5.26 Å². The van der Waals surface area contributed by atoms with E-state index in [1.165, 1.54) is 0 Å². The molecular formula is C20H22BrN3O5S. The van der Waals surface area contributed by atoms with Crippen LogP contribution in [0, 0.1) is 23.2 Å². The van der Waals surface area contributed by atoms with Crippen LogP contribution in [0.15, 0.2) is 22.7 Å². The molecule has 4 saturated heterocycles. The molecule has 4 fully saturated rings. The van der Waals surface area contributed by atoms with E-state index in [4.69, 9.17) is 9.47 Å². The SMILES string of the molecule is CCS(=O)(=O)N[C@H]1C[C@@]2(C)O[C@@]13CCO[C@H]1[C@@H]3[C@@H]2C(=O)N1c1ccc(C#N)c(Br)c1. The third-order valence-electron chi connectivity index (χ3n) is 7.10. The smallest absolute Gasteiger partial charge is 0.235 e. The van der Waals surface area contributed by atoms with E-state index in [-0.39, 0.29) is 23.6 Å². The molecule has 0 radical (unpaired) electrons. The number of benzene rings is 1. The van der Waals surface area contributed by atoms with Crippen molar-refractivity contribution in [3.63, 3.8) is 0 Å². The molecule has 1 amide bonds. The van der Waals surface area contributed by atoms with Gasteiger partial charge in [0.25, 0.3) is 0 Å². The fourth-order valence-electron chi connectivity index (χ4n) is 5.90. The molecule has 0 aliphatic carbocycles. The number of amides is 1. The molecule has 1 aromatic carbocycles. The van der Waals surface area contributed by atoms with Crippen LogP contribution >= 0.6 is 15.9 Å². The quantitative estimate of drug-likeness (QED) is 0.682. The number of halogens is 1. The minimum atomic E-state index is -3.42. The van der Waals surface area contributed by atoms with Crippen molar-refractivity contribution in [2.75, 3.05) is 17.3 Å². The van der Waals surface area contributed by atoms with Gasteiger partial charge in [0.05, 0.1) is 41.1 Å². The highest BCUT2D eigenvalue weighted by Gasteiger charge is 2.78. The van der Waals surface area contributed by atoms with Gasteiger partial charge in [-0.05, 0) is 54.4 Å². The second-order valence-electron chi connectivity index (χ2n) is 8.65. The predicted octanol–water partition coefficient (Wildman–Crippen LogP) is 1.89. The van der Waals surface area contributed by atoms with E-state index in [0.29, 0.717) is 35.2 Å². The second kappa shape index (κ2) is 6.50. The van der Waals surface area contributed by atoms with E-state index in [1.54, 1.807) is 30.0 Å². The van der Waals surface area contributed by atoms with Crippen LogP contribution in [0.2, 0.25) is 0 Å². The summed E-state index contributed by atoms with van der Waals surface area (Å²) in [6.07, 6.45) is 0.457. The summed E-state index contributed by atoms with van der Waals surface area (Å²) in [5.41, 5.74) is -0.390. The van der Waals surface area contributed by atoms with Crippen LogP contribution in [0.25, 0.3) is 0 Å². The molecule has 1 spiro atoms. The molecule has 0 aromatic heterocycles. The van der Waals surface area contributed by atoms with Gasteiger partial charge in [0.2, 0.25) is 15.9 Å². The summed E-state index contributed by atoms with van der Waals surface area (Å²) < 4.78 is 40.7. The first-order valence-corrected chi connectivity index (χ1v) is 12.4. The second-order valence-corrected chi connectivity index (χ2v) is 11.5. The Labute approximate surface area is 183 Å². The number of hydrogen-bond acceptors (Lipinski definition) is 6.